The number of hydrogen-bond donors (Lipinski definition) is 1. The first-order valence-electron chi connectivity index (χ1n) is 10.2. The van der Waals surface area contributed by atoms with Gasteiger partial charge in [0, 0.05) is 15.3 Å². The van der Waals surface area contributed by atoms with Gasteiger partial charge >= 0.3 is 12.2 Å². The molecule has 0 spiro atoms. The van der Waals surface area contributed by atoms with Crippen LogP contribution in [0.5, 0.6) is 0 Å². The Morgan fingerprint density at radius 3 is 2.07 bits per heavy atom. The number of nitrogens with zero attached hydrogens (tertiary/aromatic N) is 2. The van der Waals surface area contributed by atoms with Gasteiger partial charge in [-0.15, -0.1) is 22.7 Å². The molecule has 2 rings (SSSR count). The van der Waals surface area contributed by atoms with Gasteiger partial charge in [-0.3, -0.25) is 9.80 Å². The Labute approximate surface area is 187 Å². The number of thiophene rings is 2. The smallest absolute Gasteiger partial charge is 0.410 e. The summed E-state index contributed by atoms with van der Waals surface area (Å²) >= 11 is 3.19. The third kappa shape index (κ3) is 7.32. The molecule has 1 N–H and O–H groups in total. The van der Waals surface area contributed by atoms with Gasteiger partial charge in [-0.25, -0.2) is 9.59 Å². The molecule has 0 fully saturated rings. The average molecular weight is 453 g/mol. The maximum Gasteiger partial charge on any atom is 0.410 e. The van der Waals surface area contributed by atoms with Gasteiger partial charge in [0.15, 0.2) is 0 Å². The second kappa shape index (κ2) is 11.4. The molecule has 2 heterocycles. The van der Waals surface area contributed by atoms with E-state index >= 15 is 0 Å². The van der Waals surface area contributed by atoms with Crippen molar-refractivity contribution >= 4 is 34.9 Å². The van der Waals surface area contributed by atoms with Crippen molar-refractivity contribution in [1.82, 2.24) is 9.80 Å². The predicted molar refractivity (Wildman–Crippen MR) is 122 cm³/mol. The molecule has 0 aliphatic heterocycles. The minimum absolute atomic E-state index is 0.0494. The third-order valence-electron chi connectivity index (χ3n) is 4.70. The van der Waals surface area contributed by atoms with Crippen molar-refractivity contribution in [2.24, 2.45) is 0 Å². The van der Waals surface area contributed by atoms with Crippen molar-refractivity contribution in [2.45, 2.75) is 71.6 Å². The fourth-order valence-electron chi connectivity index (χ4n) is 3.34. The monoisotopic (exact) mass is 452 g/mol. The van der Waals surface area contributed by atoms with Crippen LogP contribution < -0.4 is 0 Å². The average Bonchev–Trinajstić information content (AvgIpc) is 3.35. The number of amides is 2. The van der Waals surface area contributed by atoms with Gasteiger partial charge in [0.1, 0.15) is 6.61 Å². The van der Waals surface area contributed by atoms with Crippen LogP contribution in [0.2, 0.25) is 0 Å². The van der Waals surface area contributed by atoms with Gasteiger partial charge in [0.25, 0.3) is 0 Å². The van der Waals surface area contributed by atoms with E-state index in [1.165, 1.54) is 4.90 Å². The predicted octanol–water partition coefficient (Wildman–Crippen LogP) is 6.29. The second-order valence-electron chi connectivity index (χ2n) is 8.21. The number of unbranched alkanes of at least 4 members (excludes halogenated alkanes) is 1. The normalized spacial score (nSPS) is 12.4. The molecule has 0 radical (unpaired) electrons. The summed E-state index contributed by atoms with van der Waals surface area (Å²) in [7, 11) is 0. The van der Waals surface area contributed by atoms with Gasteiger partial charge in [0.2, 0.25) is 0 Å². The summed E-state index contributed by atoms with van der Waals surface area (Å²) in [5.74, 6) is 0. The number of carboxylic acid groups (broad SMARTS) is 1. The summed E-state index contributed by atoms with van der Waals surface area (Å²) in [6.45, 7) is 8.64. The highest BCUT2D eigenvalue weighted by Gasteiger charge is 2.34. The molecular weight excluding hydrogens is 420 g/mol. The lowest BCUT2D eigenvalue weighted by Gasteiger charge is -2.39. The minimum atomic E-state index is -0.992. The molecule has 0 saturated carbocycles. The standard InChI is InChI=1S/C22H32N2O4S2/c1-5-6-9-17(24(20(25)26)22(2,3)4)16-28-21(27)23(14-18-10-7-12-29-18)15-19-11-8-13-30-19/h7-8,10-13,17H,5-6,9,14-16H2,1-4H3,(H,25,26)/t17-/m0/s1. The van der Waals surface area contributed by atoms with Crippen molar-refractivity contribution in [3.63, 3.8) is 0 Å². The molecule has 0 bridgehead atoms. The molecule has 6 nitrogen and oxygen atoms in total. The van der Waals surface area contributed by atoms with Gasteiger partial charge in [-0.05, 0) is 50.1 Å². The molecule has 0 aliphatic rings. The molecule has 0 saturated heterocycles. The third-order valence-corrected chi connectivity index (χ3v) is 6.42. The zero-order chi connectivity index (χ0) is 22.1. The highest BCUT2D eigenvalue weighted by atomic mass is 32.1. The largest absolute Gasteiger partial charge is 0.465 e. The van der Waals surface area contributed by atoms with Crippen LogP contribution >= 0.6 is 22.7 Å². The lowest BCUT2D eigenvalue weighted by atomic mass is 10.0. The van der Waals surface area contributed by atoms with Gasteiger partial charge in [0.05, 0.1) is 19.1 Å². The lowest BCUT2D eigenvalue weighted by molar-refractivity contribution is 0.0243. The quantitative estimate of drug-likeness (QED) is 0.460. The Balaban J connectivity index is 2.11. The maximum atomic E-state index is 13.0. The molecule has 0 aromatic carbocycles. The van der Waals surface area contributed by atoms with Crippen LogP contribution in [0.3, 0.4) is 0 Å². The lowest BCUT2D eigenvalue weighted by Crippen LogP contribution is -2.53. The molecule has 0 aliphatic carbocycles. The van der Waals surface area contributed by atoms with Crippen molar-refractivity contribution in [3.8, 4) is 0 Å². The zero-order valence-corrected chi connectivity index (χ0v) is 19.8. The summed E-state index contributed by atoms with van der Waals surface area (Å²) in [6.07, 6.45) is 1.07. The summed E-state index contributed by atoms with van der Waals surface area (Å²) in [5.41, 5.74) is -0.579. The van der Waals surface area contributed by atoms with Crippen molar-refractivity contribution in [1.29, 1.82) is 0 Å². The molecule has 0 unspecified atom stereocenters. The van der Waals surface area contributed by atoms with E-state index in [2.05, 4.69) is 6.92 Å². The van der Waals surface area contributed by atoms with Crippen LogP contribution in [-0.2, 0) is 17.8 Å². The topological polar surface area (TPSA) is 70.1 Å². The minimum Gasteiger partial charge on any atom is -0.465 e. The van der Waals surface area contributed by atoms with E-state index in [1.54, 1.807) is 27.6 Å². The fourth-order valence-corrected chi connectivity index (χ4v) is 4.78. The summed E-state index contributed by atoms with van der Waals surface area (Å²) in [4.78, 5) is 30.1. The molecule has 8 heteroatoms. The Morgan fingerprint density at radius 1 is 1.10 bits per heavy atom. The highest BCUT2D eigenvalue weighted by molar-refractivity contribution is 7.10. The van der Waals surface area contributed by atoms with Crippen LogP contribution in [0.1, 0.15) is 56.7 Å². The van der Waals surface area contributed by atoms with Gasteiger partial charge in [-0.2, -0.15) is 0 Å². The van der Waals surface area contributed by atoms with Gasteiger partial charge < -0.3 is 9.84 Å². The molecule has 2 amide bonds. The molecule has 166 valence electrons. The van der Waals surface area contributed by atoms with Crippen LogP contribution in [-0.4, -0.2) is 45.3 Å². The Hall–Kier alpha value is -2.06. The van der Waals surface area contributed by atoms with E-state index in [9.17, 15) is 14.7 Å². The highest BCUT2D eigenvalue weighted by Crippen LogP contribution is 2.23. The van der Waals surface area contributed by atoms with Crippen molar-refractivity contribution in [2.75, 3.05) is 6.61 Å². The first-order chi connectivity index (χ1) is 14.2. The van der Waals surface area contributed by atoms with E-state index in [4.69, 9.17) is 4.74 Å². The van der Waals surface area contributed by atoms with Gasteiger partial charge in [-0.1, -0.05) is 31.9 Å². The van der Waals surface area contributed by atoms with Crippen LogP contribution in [0.25, 0.3) is 0 Å². The molecular formula is C22H32N2O4S2. The molecule has 2 aromatic rings. The van der Waals surface area contributed by atoms with E-state index in [-0.39, 0.29) is 12.6 Å². The first kappa shape index (κ1) is 24.2. The number of rotatable bonds is 10. The van der Waals surface area contributed by atoms with E-state index < -0.39 is 17.7 Å². The Morgan fingerprint density at radius 2 is 1.67 bits per heavy atom. The maximum absolute atomic E-state index is 13.0. The SMILES string of the molecule is CCCC[C@@H](COC(=O)N(Cc1cccs1)Cc1cccs1)N(C(=O)O)C(C)(C)C. The summed E-state index contributed by atoms with van der Waals surface area (Å²) in [5, 5.41) is 13.7. The number of ether oxygens (including phenoxy) is 1. The Kier molecular flexibility index (Phi) is 9.17. The number of hydrogen-bond acceptors (Lipinski definition) is 5. The van der Waals surface area contributed by atoms with Crippen molar-refractivity contribution < 1.29 is 19.4 Å². The number of carbonyl (C=O) groups is 2. The molecule has 30 heavy (non-hydrogen) atoms. The summed E-state index contributed by atoms with van der Waals surface area (Å²) in [6, 6.07) is 7.54. The zero-order valence-electron chi connectivity index (χ0n) is 18.2. The van der Waals surface area contributed by atoms with E-state index in [0.717, 1.165) is 22.6 Å². The molecule has 1 atom stereocenters. The second-order valence-corrected chi connectivity index (χ2v) is 10.3. The first-order valence-corrected chi connectivity index (χ1v) is 12.0. The van der Waals surface area contributed by atoms with Crippen LogP contribution in [0.15, 0.2) is 35.0 Å². The van der Waals surface area contributed by atoms with Crippen LogP contribution in [0, 0.1) is 0 Å². The van der Waals surface area contributed by atoms with Crippen molar-refractivity contribution in [3.05, 3.63) is 44.8 Å². The number of carbonyl (C=O) groups excluding carboxylic acids is 1. The molecule has 2 aromatic heterocycles. The van der Waals surface area contributed by atoms with E-state index in [1.807, 2.05) is 55.8 Å². The van der Waals surface area contributed by atoms with Crippen LogP contribution in [0.4, 0.5) is 9.59 Å². The van der Waals surface area contributed by atoms with E-state index in [0.29, 0.717) is 19.5 Å². The fraction of sp³-hybridized carbons (Fsp3) is 0.545. The summed E-state index contributed by atoms with van der Waals surface area (Å²) < 4.78 is 5.68. The Bertz CT molecular complexity index is 733.